The van der Waals surface area contributed by atoms with Crippen LogP contribution in [0.3, 0.4) is 0 Å². The third-order valence-electron chi connectivity index (χ3n) is 9.16. The Morgan fingerprint density at radius 3 is 2.24 bits per heavy atom. The molecule has 1 unspecified atom stereocenters. The van der Waals surface area contributed by atoms with Gasteiger partial charge < -0.3 is 0 Å². The van der Waals surface area contributed by atoms with Gasteiger partial charge in [-0.3, -0.25) is 0 Å². The summed E-state index contributed by atoms with van der Waals surface area (Å²) in [7, 11) is 0. The number of allylic oxidation sites excluding steroid dienone is 3. The highest BCUT2D eigenvalue weighted by Crippen LogP contribution is 2.51. The van der Waals surface area contributed by atoms with Gasteiger partial charge in [-0.05, 0) is 98.5 Å². The SMILES string of the molecule is CC1=C(C)C2=[N+]3C1=Nc1c(C)c(C)c4n1C31n3c(c(C)c(C)c3=NC3=[N+]1C(=C2Br)C(C)=C3C)=C4. The van der Waals surface area contributed by atoms with Gasteiger partial charge in [0.1, 0.15) is 4.48 Å². The molecular formula is C27H25BrN6+2. The van der Waals surface area contributed by atoms with Gasteiger partial charge in [-0.25, -0.2) is 9.13 Å². The van der Waals surface area contributed by atoms with Gasteiger partial charge in [0.2, 0.25) is 0 Å². The highest BCUT2D eigenvalue weighted by molar-refractivity contribution is 9.12. The van der Waals surface area contributed by atoms with Crippen LogP contribution in [-0.4, -0.2) is 35.7 Å². The zero-order chi connectivity index (χ0) is 23.7. The normalized spacial score (nSPS) is 24.8. The van der Waals surface area contributed by atoms with Crippen LogP contribution in [0.25, 0.3) is 6.08 Å². The number of hydrogen-bond acceptors (Lipinski definition) is 2. The highest BCUT2D eigenvalue weighted by atomic mass is 79.9. The lowest BCUT2D eigenvalue weighted by atomic mass is 10.0. The van der Waals surface area contributed by atoms with Crippen LogP contribution in [0, 0.1) is 27.7 Å². The van der Waals surface area contributed by atoms with E-state index in [9.17, 15) is 0 Å². The van der Waals surface area contributed by atoms with Crippen molar-refractivity contribution in [1.29, 1.82) is 0 Å². The van der Waals surface area contributed by atoms with E-state index in [1.165, 1.54) is 67.0 Å². The molecule has 168 valence electrons. The fourth-order valence-corrected chi connectivity index (χ4v) is 7.78. The molecule has 6 aliphatic rings. The van der Waals surface area contributed by atoms with E-state index in [1.807, 2.05) is 0 Å². The molecular weight excluding hydrogens is 488 g/mol. The number of halogens is 1. The Balaban J connectivity index is 1.77. The summed E-state index contributed by atoms with van der Waals surface area (Å²) < 4.78 is 11.0. The Hall–Kier alpha value is -3.06. The van der Waals surface area contributed by atoms with Crippen molar-refractivity contribution in [1.82, 2.24) is 9.13 Å². The average Bonchev–Trinajstić information content (AvgIpc) is 3.42. The molecule has 34 heavy (non-hydrogen) atoms. The molecule has 6 nitrogen and oxygen atoms in total. The molecule has 8 heterocycles. The smallest absolute Gasteiger partial charge is 0.204 e. The minimum atomic E-state index is -0.670. The molecule has 0 bridgehead atoms. The van der Waals surface area contributed by atoms with Crippen molar-refractivity contribution in [3.63, 3.8) is 0 Å². The Morgan fingerprint density at radius 2 is 1.50 bits per heavy atom. The molecule has 0 aromatic carbocycles. The van der Waals surface area contributed by atoms with E-state index < -0.39 is 5.91 Å². The lowest BCUT2D eigenvalue weighted by Gasteiger charge is -2.41. The lowest BCUT2D eigenvalue weighted by molar-refractivity contribution is -0.816. The first-order chi connectivity index (χ1) is 16.1. The van der Waals surface area contributed by atoms with Crippen molar-refractivity contribution in [2.75, 3.05) is 0 Å². The van der Waals surface area contributed by atoms with E-state index >= 15 is 0 Å². The van der Waals surface area contributed by atoms with E-state index in [2.05, 4.69) is 95.7 Å². The van der Waals surface area contributed by atoms with Crippen molar-refractivity contribution in [3.05, 3.63) is 71.3 Å². The second-order valence-corrected chi connectivity index (χ2v) is 11.2. The van der Waals surface area contributed by atoms with E-state index in [-0.39, 0.29) is 0 Å². The van der Waals surface area contributed by atoms with Crippen LogP contribution in [0.5, 0.6) is 0 Å². The Morgan fingerprint density at radius 1 is 0.765 bits per heavy atom. The summed E-state index contributed by atoms with van der Waals surface area (Å²) in [4.78, 5) is 10.7. The molecule has 0 saturated carbocycles. The van der Waals surface area contributed by atoms with Gasteiger partial charge in [0.15, 0.2) is 11.4 Å². The number of amidine groups is 2. The Bertz CT molecular complexity index is 1870. The second-order valence-electron chi connectivity index (χ2n) is 10.4. The predicted octanol–water partition coefficient (Wildman–Crippen LogP) is 3.64. The minimum Gasteiger partial charge on any atom is -0.204 e. The van der Waals surface area contributed by atoms with Gasteiger partial charge in [-0.1, -0.05) is 0 Å². The molecule has 0 saturated heterocycles. The molecule has 8 rings (SSSR count). The topological polar surface area (TPSA) is 40.6 Å². The molecule has 0 radical (unpaired) electrons. The van der Waals surface area contributed by atoms with Crippen molar-refractivity contribution in [2.24, 2.45) is 9.98 Å². The molecule has 0 fully saturated rings. The molecule has 0 aliphatic carbocycles. The predicted molar refractivity (Wildman–Crippen MR) is 136 cm³/mol. The molecule has 0 amide bonds. The third kappa shape index (κ3) is 1.54. The van der Waals surface area contributed by atoms with Crippen LogP contribution in [0.4, 0.5) is 5.82 Å². The van der Waals surface area contributed by atoms with Crippen LogP contribution in [0.2, 0.25) is 0 Å². The van der Waals surface area contributed by atoms with Crippen molar-refractivity contribution in [2.45, 2.75) is 61.3 Å². The Labute approximate surface area is 205 Å². The first-order valence-electron chi connectivity index (χ1n) is 11.8. The maximum atomic E-state index is 5.33. The molecule has 2 aromatic rings. The minimum absolute atomic E-state index is 0.670. The monoisotopic (exact) mass is 512 g/mol. The first-order valence-corrected chi connectivity index (χ1v) is 12.6. The zero-order valence-corrected chi connectivity index (χ0v) is 22.2. The van der Waals surface area contributed by atoms with Crippen LogP contribution >= 0.6 is 15.9 Å². The van der Waals surface area contributed by atoms with Gasteiger partial charge in [0.25, 0.3) is 11.3 Å². The summed E-state index contributed by atoms with van der Waals surface area (Å²) in [5, 5.41) is 1.23. The maximum absolute atomic E-state index is 5.33. The summed E-state index contributed by atoms with van der Waals surface area (Å²) in [6.07, 6.45) is 2.35. The van der Waals surface area contributed by atoms with Crippen molar-refractivity contribution >= 4 is 45.2 Å². The van der Waals surface area contributed by atoms with Gasteiger partial charge in [-0.2, -0.15) is 0 Å². The van der Waals surface area contributed by atoms with E-state index in [1.54, 1.807) is 0 Å². The molecule has 7 heteroatoms. The quantitative estimate of drug-likeness (QED) is 0.483. The molecule has 1 atom stereocenters. The summed E-state index contributed by atoms with van der Waals surface area (Å²) >= 11 is 4.06. The summed E-state index contributed by atoms with van der Waals surface area (Å²) in [5.74, 6) is 2.45. The van der Waals surface area contributed by atoms with Crippen molar-refractivity contribution < 1.29 is 9.15 Å². The van der Waals surface area contributed by atoms with Crippen LogP contribution in [0.1, 0.15) is 55.6 Å². The van der Waals surface area contributed by atoms with Crippen LogP contribution in [0.15, 0.2) is 42.5 Å². The number of aliphatic imine (C=N–C) groups is 1. The first kappa shape index (κ1) is 19.3. The fourth-order valence-electron chi connectivity index (χ4n) is 6.83. The molecule has 0 N–H and O–H groups in total. The highest BCUT2D eigenvalue weighted by Gasteiger charge is 2.70. The van der Waals surface area contributed by atoms with Crippen LogP contribution < -0.4 is 10.8 Å². The van der Waals surface area contributed by atoms with Gasteiger partial charge in [0.05, 0.1) is 22.2 Å². The van der Waals surface area contributed by atoms with Crippen LogP contribution in [-0.2, 0) is 5.91 Å². The number of rotatable bonds is 0. The van der Waals surface area contributed by atoms with Gasteiger partial charge >= 0.3 is 17.6 Å². The van der Waals surface area contributed by atoms with Crippen molar-refractivity contribution in [3.8, 4) is 0 Å². The molecule has 6 aliphatic heterocycles. The summed E-state index contributed by atoms with van der Waals surface area (Å²) in [6, 6.07) is 0. The third-order valence-corrected chi connectivity index (χ3v) is 9.91. The second kappa shape index (κ2) is 5.28. The average molecular weight is 513 g/mol. The van der Waals surface area contributed by atoms with E-state index in [4.69, 9.17) is 9.98 Å². The number of aromatic nitrogens is 2. The molecule has 2 aromatic heterocycles. The maximum Gasteiger partial charge on any atom is 0.441 e. The van der Waals surface area contributed by atoms with E-state index in [0.29, 0.717) is 0 Å². The summed E-state index contributed by atoms with van der Waals surface area (Å²) in [6.45, 7) is 17.8. The Kier molecular flexibility index (Phi) is 2.99. The number of hydrogen-bond donors (Lipinski definition) is 0. The summed E-state index contributed by atoms with van der Waals surface area (Å²) in [5.41, 5.74) is 14.8. The molecule has 1 spiro atoms. The van der Waals surface area contributed by atoms with E-state index in [0.717, 1.165) is 27.5 Å². The standard InChI is InChI=1S/C27H25BrN6/c1-10-14(5)23-29-25-16(7)12(3)21-20(28)22-13(4)17(8)26-30-24-15(6)11(2)19-9-18(10)31(23)27(32(19)24,33(21)25)34(22)26/h9H,1-8H3/q+2. The van der Waals surface area contributed by atoms with Gasteiger partial charge in [0, 0.05) is 22.3 Å². The fraction of sp³-hybridized carbons (Fsp3) is 0.333. The largest absolute Gasteiger partial charge is 0.441 e. The van der Waals surface area contributed by atoms with Gasteiger partial charge in [-0.15, -0.1) is 9.15 Å². The number of nitrogens with zero attached hydrogens (tertiary/aromatic N) is 6. The zero-order valence-electron chi connectivity index (χ0n) is 20.6. The lowest BCUT2D eigenvalue weighted by Crippen LogP contribution is -2.71.